The highest BCUT2D eigenvalue weighted by Gasteiger charge is 2.54. The lowest BCUT2D eigenvalue weighted by molar-refractivity contribution is -0.144. The van der Waals surface area contributed by atoms with E-state index in [9.17, 15) is 9.90 Å². The van der Waals surface area contributed by atoms with Gasteiger partial charge in [0.05, 0.1) is 0 Å². The second kappa shape index (κ2) is 7.79. The molecule has 0 bridgehead atoms. The van der Waals surface area contributed by atoms with Gasteiger partial charge in [-0.05, 0) is 80.5 Å². The number of fused-ring (bicyclic) bond motifs is 2. The number of nitrogens with one attached hydrogen (secondary N) is 1. The Morgan fingerprint density at radius 1 is 1.06 bits per heavy atom. The molecule has 2 aromatic carbocycles. The quantitative estimate of drug-likeness (QED) is 0.413. The maximum atomic E-state index is 12.5. The number of aryl methyl sites for hydroxylation is 1. The molecule has 0 saturated heterocycles. The Labute approximate surface area is 195 Å². The Bertz CT molecular complexity index is 1130. The van der Waals surface area contributed by atoms with Gasteiger partial charge in [-0.2, -0.15) is 0 Å². The number of anilines is 1. The first-order chi connectivity index (χ1) is 14.9. The van der Waals surface area contributed by atoms with E-state index in [4.69, 9.17) is 0 Å². The number of aliphatic carboxylic acids is 1. The topological polar surface area (TPSA) is 49.3 Å². The molecule has 5 rings (SSSR count). The highest BCUT2D eigenvalue weighted by atomic mass is 79.9. The Balaban J connectivity index is 1.50. The molecule has 31 heavy (non-hydrogen) atoms. The van der Waals surface area contributed by atoms with E-state index in [1.165, 1.54) is 20.9 Å². The molecule has 2 aliphatic carbocycles. The van der Waals surface area contributed by atoms with Crippen molar-refractivity contribution in [3.8, 4) is 0 Å². The second-order valence-corrected chi connectivity index (χ2v) is 11.3. The molecule has 3 aromatic rings. The Hall–Kier alpha value is -2.11. The zero-order valence-electron chi connectivity index (χ0n) is 17.5. The van der Waals surface area contributed by atoms with Crippen LogP contribution in [-0.4, -0.2) is 16.6 Å². The van der Waals surface area contributed by atoms with Crippen LogP contribution in [-0.2, 0) is 16.6 Å². The molecule has 1 heterocycles. The zero-order valence-corrected chi connectivity index (χ0v) is 19.9. The summed E-state index contributed by atoms with van der Waals surface area (Å²) in [6.07, 6.45) is 4.03. The molecular weight excluding hydrogens is 470 g/mol. The third-order valence-electron chi connectivity index (χ3n) is 7.36. The monoisotopic (exact) mass is 495 g/mol. The molecule has 2 N–H and O–H groups in total. The summed E-state index contributed by atoms with van der Waals surface area (Å²) in [4.78, 5) is 15.3. The lowest BCUT2D eigenvalue weighted by atomic mass is 9.60. The van der Waals surface area contributed by atoms with Crippen molar-refractivity contribution in [2.75, 3.05) is 5.32 Å². The number of benzene rings is 2. The van der Waals surface area contributed by atoms with E-state index in [1.54, 1.807) is 0 Å². The Morgan fingerprint density at radius 2 is 1.84 bits per heavy atom. The lowest BCUT2D eigenvalue weighted by Crippen LogP contribution is -2.52. The SMILES string of the molecule is Cc1ccc([C@H]2Cc3ccccc3C23CCC(Nc2cccc(Br)c2)(C(=O)O)CC3)s1. The molecule has 0 amide bonds. The van der Waals surface area contributed by atoms with Crippen molar-refractivity contribution in [3.63, 3.8) is 0 Å². The normalized spacial score (nSPS) is 27.2. The smallest absolute Gasteiger partial charge is 0.329 e. The largest absolute Gasteiger partial charge is 0.480 e. The van der Waals surface area contributed by atoms with E-state index in [2.05, 4.69) is 64.6 Å². The van der Waals surface area contributed by atoms with Crippen molar-refractivity contribution in [2.24, 2.45) is 0 Å². The number of rotatable bonds is 4. The molecule has 1 spiro atoms. The second-order valence-electron chi connectivity index (χ2n) is 9.04. The van der Waals surface area contributed by atoms with Crippen LogP contribution in [0.25, 0.3) is 0 Å². The summed E-state index contributed by atoms with van der Waals surface area (Å²) >= 11 is 5.39. The molecule has 0 unspecified atom stereocenters. The van der Waals surface area contributed by atoms with Crippen LogP contribution in [0.1, 0.15) is 52.5 Å². The first kappa shape index (κ1) is 20.8. The molecular formula is C26H26BrNO2S. The van der Waals surface area contributed by atoms with Crippen LogP contribution >= 0.6 is 27.3 Å². The average molecular weight is 496 g/mol. The number of halogens is 1. The summed E-state index contributed by atoms with van der Waals surface area (Å²) in [6.45, 7) is 2.17. The van der Waals surface area contributed by atoms with Crippen LogP contribution in [0, 0.1) is 6.92 Å². The van der Waals surface area contributed by atoms with E-state index in [1.807, 2.05) is 35.6 Å². The van der Waals surface area contributed by atoms with Crippen molar-refractivity contribution in [3.05, 3.63) is 86.0 Å². The molecule has 1 fully saturated rings. The Kier molecular flexibility index (Phi) is 5.22. The molecule has 1 saturated carbocycles. The summed E-state index contributed by atoms with van der Waals surface area (Å²) in [5.74, 6) is -0.321. The highest BCUT2D eigenvalue weighted by molar-refractivity contribution is 9.10. The van der Waals surface area contributed by atoms with Gasteiger partial charge in [0.25, 0.3) is 0 Å². The summed E-state index contributed by atoms with van der Waals surface area (Å²) in [6, 6.07) is 21.1. The fourth-order valence-electron chi connectivity index (χ4n) is 5.78. The van der Waals surface area contributed by atoms with E-state index in [0.29, 0.717) is 18.8 Å². The molecule has 5 heteroatoms. The van der Waals surface area contributed by atoms with Gasteiger partial charge in [0.1, 0.15) is 5.54 Å². The lowest BCUT2D eigenvalue weighted by Gasteiger charge is -2.46. The van der Waals surface area contributed by atoms with Crippen LogP contribution in [0.2, 0.25) is 0 Å². The Morgan fingerprint density at radius 3 is 2.52 bits per heavy atom. The fraction of sp³-hybridized carbons (Fsp3) is 0.346. The van der Waals surface area contributed by atoms with E-state index in [-0.39, 0.29) is 5.41 Å². The molecule has 1 atom stereocenters. The first-order valence-electron chi connectivity index (χ1n) is 10.8. The van der Waals surface area contributed by atoms with Gasteiger partial charge in [-0.1, -0.05) is 46.3 Å². The number of carbonyl (C=O) groups is 1. The fourth-order valence-corrected chi connectivity index (χ4v) is 7.27. The predicted molar refractivity (Wildman–Crippen MR) is 130 cm³/mol. The predicted octanol–water partition coefficient (Wildman–Crippen LogP) is 6.91. The molecule has 0 radical (unpaired) electrons. The van der Waals surface area contributed by atoms with Gasteiger partial charge >= 0.3 is 5.97 Å². The number of hydrogen-bond donors (Lipinski definition) is 2. The number of thiophene rings is 1. The molecule has 0 aliphatic heterocycles. The summed E-state index contributed by atoms with van der Waals surface area (Å²) < 4.78 is 0.947. The average Bonchev–Trinajstić information content (AvgIpc) is 3.32. The molecule has 3 nitrogen and oxygen atoms in total. The number of hydrogen-bond acceptors (Lipinski definition) is 3. The minimum Gasteiger partial charge on any atom is -0.480 e. The standard InChI is InChI=1S/C26H26BrNO2S/c1-17-9-10-23(31-17)22-15-18-5-2-3-8-21(18)25(22)11-13-26(14-12-25,24(29)30)28-20-7-4-6-19(27)16-20/h2-10,16,22,28H,11-15H2,1H3,(H,29,30)/t22-,25?,26?/m1/s1. The van der Waals surface area contributed by atoms with Crippen LogP contribution in [0.5, 0.6) is 0 Å². The summed E-state index contributed by atoms with van der Waals surface area (Å²) in [7, 11) is 0. The van der Waals surface area contributed by atoms with Gasteiger partial charge in [0, 0.05) is 31.2 Å². The van der Waals surface area contributed by atoms with Crippen LogP contribution in [0.4, 0.5) is 5.69 Å². The van der Waals surface area contributed by atoms with E-state index >= 15 is 0 Å². The van der Waals surface area contributed by atoms with Crippen molar-refractivity contribution in [2.45, 2.75) is 55.9 Å². The summed E-state index contributed by atoms with van der Waals surface area (Å²) in [5, 5.41) is 13.7. The van der Waals surface area contributed by atoms with Gasteiger partial charge in [0.2, 0.25) is 0 Å². The van der Waals surface area contributed by atoms with Crippen molar-refractivity contribution in [1.82, 2.24) is 0 Å². The van der Waals surface area contributed by atoms with Gasteiger partial charge < -0.3 is 10.4 Å². The maximum absolute atomic E-state index is 12.5. The zero-order chi connectivity index (χ0) is 21.6. The van der Waals surface area contributed by atoms with E-state index < -0.39 is 11.5 Å². The summed E-state index contributed by atoms with van der Waals surface area (Å²) in [5.41, 5.74) is 2.81. The molecule has 2 aliphatic rings. The molecule has 160 valence electrons. The third-order valence-corrected chi connectivity index (χ3v) is 8.97. The van der Waals surface area contributed by atoms with Crippen LogP contribution in [0.15, 0.2) is 65.1 Å². The van der Waals surface area contributed by atoms with Crippen molar-refractivity contribution < 1.29 is 9.90 Å². The van der Waals surface area contributed by atoms with Gasteiger partial charge in [-0.25, -0.2) is 4.79 Å². The van der Waals surface area contributed by atoms with E-state index in [0.717, 1.165) is 29.4 Å². The minimum absolute atomic E-state index is 0.0196. The third kappa shape index (κ3) is 3.52. The highest BCUT2D eigenvalue weighted by Crippen LogP contribution is 2.58. The maximum Gasteiger partial charge on any atom is 0.329 e. The number of carboxylic acid groups (broad SMARTS) is 1. The van der Waals surface area contributed by atoms with Gasteiger partial charge in [0.15, 0.2) is 0 Å². The number of carboxylic acids is 1. The van der Waals surface area contributed by atoms with Crippen molar-refractivity contribution >= 4 is 38.9 Å². The van der Waals surface area contributed by atoms with Crippen LogP contribution in [0.3, 0.4) is 0 Å². The van der Waals surface area contributed by atoms with Crippen LogP contribution < -0.4 is 5.32 Å². The van der Waals surface area contributed by atoms with Crippen molar-refractivity contribution in [1.29, 1.82) is 0 Å². The van der Waals surface area contributed by atoms with Gasteiger partial charge in [-0.15, -0.1) is 11.3 Å². The first-order valence-corrected chi connectivity index (χ1v) is 12.4. The van der Waals surface area contributed by atoms with Gasteiger partial charge in [-0.3, -0.25) is 0 Å². The molecule has 1 aromatic heterocycles. The minimum atomic E-state index is -0.931.